The highest BCUT2D eigenvalue weighted by Crippen LogP contribution is 2.24. The molecular formula is C16H18BrN3O3S. The van der Waals surface area contributed by atoms with E-state index in [2.05, 4.69) is 25.9 Å². The minimum atomic E-state index is -3.51. The van der Waals surface area contributed by atoms with Gasteiger partial charge in [0, 0.05) is 23.3 Å². The first kappa shape index (κ1) is 17.3. The van der Waals surface area contributed by atoms with Gasteiger partial charge >= 0.3 is 0 Å². The van der Waals surface area contributed by atoms with Gasteiger partial charge in [0.2, 0.25) is 15.9 Å². The first-order valence-electron chi connectivity index (χ1n) is 7.67. The van der Waals surface area contributed by atoms with Crippen LogP contribution in [0.25, 0.3) is 0 Å². The molecule has 0 amide bonds. The Labute approximate surface area is 150 Å². The van der Waals surface area contributed by atoms with Gasteiger partial charge in [-0.05, 0) is 44.0 Å². The number of hydrogen-bond acceptors (Lipinski definition) is 5. The summed E-state index contributed by atoms with van der Waals surface area (Å²) in [6, 6.07) is 8.37. The van der Waals surface area contributed by atoms with Gasteiger partial charge < -0.3 is 4.74 Å². The number of hydrogen-bond donors (Lipinski definition) is 0. The average Bonchev–Trinajstić information content (AvgIpc) is 2.55. The number of aromatic nitrogens is 2. The zero-order chi connectivity index (χ0) is 17.2. The fraction of sp³-hybridized carbons (Fsp3) is 0.375. The number of benzene rings is 1. The van der Waals surface area contributed by atoms with E-state index < -0.39 is 10.0 Å². The predicted molar refractivity (Wildman–Crippen MR) is 93.3 cm³/mol. The molecule has 1 atom stereocenters. The van der Waals surface area contributed by atoms with Crippen LogP contribution in [0.2, 0.25) is 0 Å². The maximum absolute atomic E-state index is 12.8. The Morgan fingerprint density at radius 2 is 2.00 bits per heavy atom. The summed E-state index contributed by atoms with van der Waals surface area (Å²) < 4.78 is 33.7. The number of piperidine rings is 1. The van der Waals surface area contributed by atoms with Crippen LogP contribution in [0.15, 0.2) is 45.9 Å². The maximum Gasteiger partial charge on any atom is 0.243 e. The van der Waals surface area contributed by atoms with Crippen molar-refractivity contribution >= 4 is 26.0 Å². The number of ether oxygens (including phenoxy) is 1. The first-order valence-corrected chi connectivity index (χ1v) is 9.90. The van der Waals surface area contributed by atoms with Crippen LogP contribution in [0.1, 0.15) is 18.7 Å². The molecule has 0 bridgehead atoms. The maximum atomic E-state index is 12.8. The van der Waals surface area contributed by atoms with E-state index in [0.717, 1.165) is 17.3 Å². The molecule has 1 aliphatic rings. The largest absolute Gasteiger partial charge is 0.473 e. The average molecular weight is 412 g/mol. The van der Waals surface area contributed by atoms with Gasteiger partial charge in [-0.15, -0.1) is 0 Å². The Bertz CT molecular complexity index is 812. The molecule has 0 radical (unpaired) electrons. The molecule has 1 fully saturated rings. The van der Waals surface area contributed by atoms with Crippen LogP contribution in [-0.2, 0) is 10.0 Å². The van der Waals surface area contributed by atoms with Crippen LogP contribution in [-0.4, -0.2) is 41.9 Å². The predicted octanol–water partition coefficient (Wildman–Crippen LogP) is 2.78. The Kier molecular flexibility index (Phi) is 5.17. The van der Waals surface area contributed by atoms with Gasteiger partial charge in [0.25, 0.3) is 0 Å². The van der Waals surface area contributed by atoms with E-state index >= 15 is 0 Å². The summed E-state index contributed by atoms with van der Waals surface area (Å²) in [5.74, 6) is 1.11. The van der Waals surface area contributed by atoms with Crippen molar-refractivity contribution in [2.24, 2.45) is 0 Å². The summed E-state index contributed by atoms with van der Waals surface area (Å²) in [5.41, 5.74) is 0. The highest BCUT2D eigenvalue weighted by molar-refractivity contribution is 9.10. The first-order chi connectivity index (χ1) is 11.4. The normalized spacial score (nSPS) is 19.2. The number of halogens is 1. The van der Waals surface area contributed by atoms with Gasteiger partial charge in [-0.1, -0.05) is 15.9 Å². The minimum Gasteiger partial charge on any atom is -0.473 e. The van der Waals surface area contributed by atoms with E-state index in [-0.39, 0.29) is 6.10 Å². The third-order valence-corrected chi connectivity index (χ3v) is 6.24. The van der Waals surface area contributed by atoms with Crippen molar-refractivity contribution < 1.29 is 13.2 Å². The van der Waals surface area contributed by atoms with Crippen LogP contribution in [0, 0.1) is 6.92 Å². The summed E-state index contributed by atoms with van der Waals surface area (Å²) in [5, 5.41) is 0. The lowest BCUT2D eigenvalue weighted by Gasteiger charge is -2.31. The summed E-state index contributed by atoms with van der Waals surface area (Å²) in [6.45, 7) is 2.61. The lowest BCUT2D eigenvalue weighted by Crippen LogP contribution is -2.44. The van der Waals surface area contributed by atoms with Crippen molar-refractivity contribution in [3.8, 4) is 5.88 Å². The van der Waals surface area contributed by atoms with Crippen molar-refractivity contribution in [1.82, 2.24) is 14.3 Å². The van der Waals surface area contributed by atoms with Gasteiger partial charge in [0.1, 0.15) is 11.9 Å². The van der Waals surface area contributed by atoms with Crippen molar-refractivity contribution in [1.29, 1.82) is 0 Å². The molecule has 1 saturated heterocycles. The van der Waals surface area contributed by atoms with E-state index in [4.69, 9.17) is 4.74 Å². The third-order valence-electron chi connectivity index (χ3n) is 3.83. The third kappa shape index (κ3) is 3.93. The summed E-state index contributed by atoms with van der Waals surface area (Å²) >= 11 is 3.32. The zero-order valence-corrected chi connectivity index (χ0v) is 15.6. The number of rotatable bonds is 4. The molecule has 0 aliphatic carbocycles. The van der Waals surface area contributed by atoms with Crippen molar-refractivity contribution in [3.63, 3.8) is 0 Å². The fourth-order valence-electron chi connectivity index (χ4n) is 2.65. The standard InChI is InChI=1S/C16H18BrN3O3S/c1-12-18-9-8-16(19-12)23-14-3-2-10-20(11-14)24(21,22)15-6-4-13(17)5-7-15/h4-9,14H,2-3,10-11H2,1H3. The van der Waals surface area contributed by atoms with Crippen molar-refractivity contribution in [3.05, 3.63) is 46.8 Å². The molecule has 0 N–H and O–H groups in total. The van der Waals surface area contributed by atoms with Crippen LogP contribution in [0.5, 0.6) is 5.88 Å². The van der Waals surface area contributed by atoms with Gasteiger partial charge in [0.15, 0.2) is 0 Å². The van der Waals surface area contributed by atoms with Crippen LogP contribution in [0.3, 0.4) is 0 Å². The smallest absolute Gasteiger partial charge is 0.243 e. The molecular weight excluding hydrogens is 394 g/mol. The molecule has 1 aromatic heterocycles. The lowest BCUT2D eigenvalue weighted by atomic mass is 10.1. The summed E-state index contributed by atoms with van der Waals surface area (Å²) in [6.07, 6.45) is 2.98. The van der Waals surface area contributed by atoms with Crippen LogP contribution >= 0.6 is 15.9 Å². The van der Waals surface area contributed by atoms with Crippen LogP contribution in [0.4, 0.5) is 0 Å². The Balaban J connectivity index is 1.74. The molecule has 3 rings (SSSR count). The molecule has 1 unspecified atom stereocenters. The molecule has 0 saturated carbocycles. The monoisotopic (exact) mass is 411 g/mol. The topological polar surface area (TPSA) is 72.4 Å². The Hall–Kier alpha value is -1.51. The van der Waals surface area contributed by atoms with Gasteiger partial charge in [-0.2, -0.15) is 9.29 Å². The van der Waals surface area contributed by atoms with Crippen molar-refractivity contribution in [2.45, 2.75) is 30.8 Å². The van der Waals surface area contributed by atoms with Crippen LogP contribution < -0.4 is 4.74 Å². The van der Waals surface area contributed by atoms with E-state index in [1.807, 2.05) is 0 Å². The van der Waals surface area contributed by atoms with Crippen molar-refractivity contribution in [2.75, 3.05) is 13.1 Å². The Morgan fingerprint density at radius 1 is 1.25 bits per heavy atom. The molecule has 1 aromatic carbocycles. The van der Waals surface area contributed by atoms with E-state index in [0.29, 0.717) is 29.7 Å². The molecule has 6 nitrogen and oxygen atoms in total. The molecule has 128 valence electrons. The minimum absolute atomic E-state index is 0.210. The quantitative estimate of drug-likeness (QED) is 0.772. The molecule has 8 heteroatoms. The number of aryl methyl sites for hydroxylation is 1. The van der Waals surface area contributed by atoms with E-state index in [1.165, 1.54) is 4.31 Å². The molecule has 1 aliphatic heterocycles. The second-order valence-corrected chi connectivity index (χ2v) is 8.49. The molecule has 24 heavy (non-hydrogen) atoms. The van der Waals surface area contributed by atoms with E-state index in [9.17, 15) is 8.42 Å². The highest BCUT2D eigenvalue weighted by Gasteiger charge is 2.31. The summed E-state index contributed by atoms with van der Waals surface area (Å²) in [4.78, 5) is 8.54. The van der Waals surface area contributed by atoms with Gasteiger partial charge in [-0.25, -0.2) is 13.4 Å². The summed E-state index contributed by atoms with van der Waals surface area (Å²) in [7, 11) is -3.51. The molecule has 0 spiro atoms. The molecule has 2 heterocycles. The van der Waals surface area contributed by atoms with Gasteiger partial charge in [0.05, 0.1) is 11.4 Å². The Morgan fingerprint density at radius 3 is 2.71 bits per heavy atom. The fourth-order valence-corrected chi connectivity index (χ4v) is 4.42. The number of nitrogens with zero attached hydrogens (tertiary/aromatic N) is 3. The zero-order valence-electron chi connectivity index (χ0n) is 13.2. The molecule has 2 aromatic rings. The highest BCUT2D eigenvalue weighted by atomic mass is 79.9. The lowest BCUT2D eigenvalue weighted by molar-refractivity contribution is 0.124. The van der Waals surface area contributed by atoms with E-state index in [1.54, 1.807) is 43.5 Å². The van der Waals surface area contributed by atoms with Gasteiger partial charge in [-0.3, -0.25) is 0 Å². The second-order valence-electron chi connectivity index (χ2n) is 5.64. The number of sulfonamides is 1. The second kappa shape index (κ2) is 7.16. The SMILES string of the molecule is Cc1nccc(OC2CCCN(S(=O)(=O)c3ccc(Br)cc3)C2)n1.